The predicted octanol–water partition coefficient (Wildman–Crippen LogP) is 2.44. The zero-order chi connectivity index (χ0) is 11.4. The van der Waals surface area contributed by atoms with E-state index in [0.717, 1.165) is 17.8 Å². The summed E-state index contributed by atoms with van der Waals surface area (Å²) in [6.45, 7) is 4.28. The Bertz CT molecular complexity index is 347. The van der Waals surface area contributed by atoms with E-state index >= 15 is 0 Å². The van der Waals surface area contributed by atoms with Crippen molar-refractivity contribution in [1.82, 2.24) is 0 Å². The summed E-state index contributed by atoms with van der Waals surface area (Å²) in [4.78, 5) is 12.3. The maximum Gasteiger partial charge on any atom is 0.213 e. The van der Waals surface area contributed by atoms with Crippen molar-refractivity contribution in [2.24, 2.45) is 0 Å². The van der Waals surface area contributed by atoms with Gasteiger partial charge in [-0.05, 0) is 23.6 Å². The molecule has 82 valence electrons. The molecule has 0 aliphatic rings. The highest BCUT2D eigenvalue weighted by Gasteiger charge is 2.08. The lowest BCUT2D eigenvalue weighted by molar-refractivity contribution is -0.107. The van der Waals surface area contributed by atoms with Crippen molar-refractivity contribution in [3.63, 3.8) is 0 Å². The van der Waals surface area contributed by atoms with Crippen molar-refractivity contribution in [1.29, 1.82) is 0 Å². The molecule has 3 nitrogen and oxygen atoms in total. The monoisotopic (exact) mass is 206 g/mol. The molecule has 3 heteroatoms. The number of rotatable bonds is 4. The van der Waals surface area contributed by atoms with E-state index in [-0.39, 0.29) is 0 Å². The standard InChI is InChI=1S/C12H18N2O/c1-9(2)10-5-6-11(13-3)12(7-10)14(4)8-15/h5-9,13H,1-4H3. The van der Waals surface area contributed by atoms with Crippen LogP contribution in [0.1, 0.15) is 25.3 Å². The smallest absolute Gasteiger partial charge is 0.213 e. The number of anilines is 2. The van der Waals surface area contributed by atoms with E-state index in [1.165, 1.54) is 5.56 Å². The molecular weight excluding hydrogens is 188 g/mol. The van der Waals surface area contributed by atoms with Crippen molar-refractivity contribution in [2.45, 2.75) is 19.8 Å². The lowest BCUT2D eigenvalue weighted by Gasteiger charge is -2.18. The first-order valence-electron chi connectivity index (χ1n) is 5.10. The van der Waals surface area contributed by atoms with Gasteiger partial charge in [0.1, 0.15) is 0 Å². The minimum absolute atomic E-state index is 0.467. The molecule has 1 aromatic rings. The molecule has 0 bridgehead atoms. The first-order chi connectivity index (χ1) is 7.10. The largest absolute Gasteiger partial charge is 0.386 e. The third kappa shape index (κ3) is 2.49. The fraction of sp³-hybridized carbons (Fsp3) is 0.417. The Kier molecular flexibility index (Phi) is 3.72. The van der Waals surface area contributed by atoms with E-state index in [4.69, 9.17) is 0 Å². The van der Waals surface area contributed by atoms with Crippen LogP contribution < -0.4 is 10.2 Å². The Hall–Kier alpha value is -1.51. The highest BCUT2D eigenvalue weighted by atomic mass is 16.1. The van der Waals surface area contributed by atoms with Gasteiger partial charge in [-0.2, -0.15) is 0 Å². The Morgan fingerprint density at radius 2 is 2.07 bits per heavy atom. The van der Waals surface area contributed by atoms with Crippen molar-refractivity contribution < 1.29 is 4.79 Å². The third-order valence-electron chi connectivity index (χ3n) is 2.50. The van der Waals surface area contributed by atoms with Gasteiger partial charge in [-0.25, -0.2) is 0 Å². The number of nitrogens with zero attached hydrogens (tertiary/aromatic N) is 1. The predicted molar refractivity (Wildman–Crippen MR) is 64.5 cm³/mol. The van der Waals surface area contributed by atoms with E-state index < -0.39 is 0 Å². The van der Waals surface area contributed by atoms with E-state index in [9.17, 15) is 4.79 Å². The third-order valence-corrected chi connectivity index (χ3v) is 2.50. The SMILES string of the molecule is CNc1ccc(C(C)C)cc1N(C)C=O. The van der Waals surface area contributed by atoms with Crippen molar-refractivity contribution in [3.8, 4) is 0 Å². The van der Waals surface area contributed by atoms with Crippen LogP contribution in [0.3, 0.4) is 0 Å². The zero-order valence-corrected chi connectivity index (χ0v) is 9.74. The van der Waals surface area contributed by atoms with Crippen LogP contribution in [0.25, 0.3) is 0 Å². The number of hydrogen-bond donors (Lipinski definition) is 1. The first kappa shape index (κ1) is 11.6. The number of hydrogen-bond acceptors (Lipinski definition) is 2. The van der Waals surface area contributed by atoms with Crippen LogP contribution in [0, 0.1) is 0 Å². The molecule has 0 saturated heterocycles. The average Bonchev–Trinajstić information content (AvgIpc) is 2.27. The summed E-state index contributed by atoms with van der Waals surface area (Å²) in [5.74, 6) is 0.467. The zero-order valence-electron chi connectivity index (χ0n) is 9.74. The van der Waals surface area contributed by atoms with E-state index in [2.05, 4.69) is 25.2 Å². The van der Waals surface area contributed by atoms with Crippen LogP contribution in [0.2, 0.25) is 0 Å². The van der Waals surface area contributed by atoms with Gasteiger partial charge in [0, 0.05) is 14.1 Å². The Morgan fingerprint density at radius 1 is 1.40 bits per heavy atom. The van der Waals surface area contributed by atoms with Gasteiger partial charge in [0.05, 0.1) is 11.4 Å². The molecule has 0 saturated carbocycles. The van der Waals surface area contributed by atoms with Crippen molar-refractivity contribution in [3.05, 3.63) is 23.8 Å². The lowest BCUT2D eigenvalue weighted by atomic mass is 10.0. The molecular formula is C12H18N2O. The lowest BCUT2D eigenvalue weighted by Crippen LogP contribution is -2.15. The van der Waals surface area contributed by atoms with Gasteiger partial charge in [-0.15, -0.1) is 0 Å². The fourth-order valence-corrected chi connectivity index (χ4v) is 1.47. The van der Waals surface area contributed by atoms with Crippen LogP contribution in [0.4, 0.5) is 11.4 Å². The number of benzene rings is 1. The van der Waals surface area contributed by atoms with Gasteiger partial charge >= 0.3 is 0 Å². The van der Waals surface area contributed by atoms with Crippen LogP contribution in [0.15, 0.2) is 18.2 Å². The molecule has 0 unspecified atom stereocenters. The van der Waals surface area contributed by atoms with Crippen LogP contribution in [-0.2, 0) is 4.79 Å². The van der Waals surface area contributed by atoms with Gasteiger partial charge in [0.15, 0.2) is 0 Å². The highest BCUT2D eigenvalue weighted by Crippen LogP contribution is 2.28. The highest BCUT2D eigenvalue weighted by molar-refractivity contribution is 5.83. The second kappa shape index (κ2) is 4.82. The molecule has 1 N–H and O–H groups in total. The second-order valence-corrected chi connectivity index (χ2v) is 3.90. The maximum atomic E-state index is 10.8. The van der Waals surface area contributed by atoms with Crippen molar-refractivity contribution >= 4 is 17.8 Å². The second-order valence-electron chi connectivity index (χ2n) is 3.90. The van der Waals surface area contributed by atoms with Gasteiger partial charge < -0.3 is 10.2 Å². The summed E-state index contributed by atoms with van der Waals surface area (Å²) in [5.41, 5.74) is 3.12. The topological polar surface area (TPSA) is 32.3 Å². The average molecular weight is 206 g/mol. The minimum Gasteiger partial charge on any atom is -0.386 e. The molecule has 0 fully saturated rings. The van der Waals surface area contributed by atoms with Crippen molar-refractivity contribution in [2.75, 3.05) is 24.3 Å². The van der Waals surface area contributed by atoms with Crippen LogP contribution in [0.5, 0.6) is 0 Å². The number of amides is 1. The molecule has 0 heterocycles. The summed E-state index contributed by atoms with van der Waals surface area (Å²) in [6.07, 6.45) is 0.820. The summed E-state index contributed by atoms with van der Waals surface area (Å²) in [7, 11) is 3.61. The number of nitrogens with one attached hydrogen (secondary N) is 1. The molecule has 0 aromatic heterocycles. The van der Waals surface area contributed by atoms with Gasteiger partial charge in [0.25, 0.3) is 0 Å². The van der Waals surface area contributed by atoms with E-state index in [1.807, 2.05) is 19.2 Å². The minimum atomic E-state index is 0.467. The number of carbonyl (C=O) groups is 1. The Labute approximate surface area is 91.1 Å². The van der Waals surface area contributed by atoms with Gasteiger partial charge in [-0.1, -0.05) is 19.9 Å². The summed E-state index contributed by atoms with van der Waals surface area (Å²) in [6, 6.07) is 6.13. The molecule has 0 radical (unpaired) electrons. The normalized spacial score (nSPS) is 10.2. The van der Waals surface area contributed by atoms with Crippen LogP contribution >= 0.6 is 0 Å². The Morgan fingerprint density at radius 3 is 2.53 bits per heavy atom. The molecule has 15 heavy (non-hydrogen) atoms. The molecule has 0 aliphatic carbocycles. The molecule has 1 rings (SSSR count). The Balaban J connectivity index is 3.18. The van der Waals surface area contributed by atoms with E-state index in [1.54, 1.807) is 11.9 Å². The van der Waals surface area contributed by atoms with Gasteiger partial charge in [0.2, 0.25) is 6.41 Å². The molecule has 0 atom stereocenters. The van der Waals surface area contributed by atoms with Crippen LogP contribution in [-0.4, -0.2) is 20.5 Å². The molecule has 1 amide bonds. The van der Waals surface area contributed by atoms with E-state index in [0.29, 0.717) is 5.92 Å². The quantitative estimate of drug-likeness (QED) is 0.767. The molecule has 0 spiro atoms. The first-order valence-corrected chi connectivity index (χ1v) is 5.10. The molecule has 1 aromatic carbocycles. The summed E-state index contributed by atoms with van der Waals surface area (Å²) in [5, 5.41) is 3.08. The maximum absolute atomic E-state index is 10.8. The molecule has 0 aliphatic heterocycles. The fourth-order valence-electron chi connectivity index (χ4n) is 1.47. The number of carbonyl (C=O) groups excluding carboxylic acids is 1. The summed E-state index contributed by atoms with van der Waals surface area (Å²) >= 11 is 0. The van der Waals surface area contributed by atoms with Gasteiger partial charge in [-0.3, -0.25) is 4.79 Å². The summed E-state index contributed by atoms with van der Waals surface area (Å²) < 4.78 is 0.